The largest absolute Gasteiger partial charge is 0.456 e. The molecule has 16 heavy (non-hydrogen) atoms. The number of benzene rings is 1. The molecule has 0 aliphatic carbocycles. The van der Waals surface area contributed by atoms with Gasteiger partial charge in [-0.1, -0.05) is 32.0 Å². The summed E-state index contributed by atoms with van der Waals surface area (Å²) in [6.45, 7) is 4.43. The molecule has 0 N–H and O–H groups in total. The van der Waals surface area contributed by atoms with Gasteiger partial charge in [0.2, 0.25) is 0 Å². The van der Waals surface area contributed by atoms with Crippen LogP contribution in [0.2, 0.25) is 0 Å². The Morgan fingerprint density at radius 2 is 1.88 bits per heavy atom. The summed E-state index contributed by atoms with van der Waals surface area (Å²) in [6, 6.07) is 8.99. The van der Waals surface area contributed by atoms with Gasteiger partial charge in [0.15, 0.2) is 0 Å². The van der Waals surface area contributed by atoms with Gasteiger partial charge < -0.3 is 9.47 Å². The van der Waals surface area contributed by atoms with E-state index >= 15 is 0 Å². The molecule has 1 aromatic rings. The molecule has 0 radical (unpaired) electrons. The first-order chi connectivity index (χ1) is 7.65. The van der Waals surface area contributed by atoms with Gasteiger partial charge in [0.1, 0.15) is 6.10 Å². The van der Waals surface area contributed by atoms with Crippen LogP contribution in [0.3, 0.4) is 0 Å². The lowest BCUT2D eigenvalue weighted by Gasteiger charge is -2.20. The summed E-state index contributed by atoms with van der Waals surface area (Å²) >= 11 is 0. The lowest BCUT2D eigenvalue weighted by molar-refractivity contribution is -0.0102. The average Bonchev–Trinajstić information content (AvgIpc) is 2.29. The van der Waals surface area contributed by atoms with Crippen LogP contribution in [0.15, 0.2) is 30.3 Å². The van der Waals surface area contributed by atoms with Gasteiger partial charge in [-0.15, -0.1) is 0 Å². The van der Waals surface area contributed by atoms with Crippen molar-refractivity contribution >= 4 is 5.97 Å². The molecule has 3 heteroatoms. The van der Waals surface area contributed by atoms with Crippen molar-refractivity contribution in [2.45, 2.75) is 20.0 Å². The van der Waals surface area contributed by atoms with Crippen LogP contribution in [0.4, 0.5) is 0 Å². The monoisotopic (exact) mass is 222 g/mol. The van der Waals surface area contributed by atoms with E-state index in [4.69, 9.17) is 9.47 Å². The molecular formula is C13H18O3. The fourth-order valence-electron chi connectivity index (χ4n) is 1.31. The van der Waals surface area contributed by atoms with Crippen LogP contribution in [0.25, 0.3) is 0 Å². The molecule has 0 fully saturated rings. The molecule has 0 spiro atoms. The van der Waals surface area contributed by atoms with Crippen LogP contribution in [0, 0.1) is 5.92 Å². The smallest absolute Gasteiger partial charge is 0.338 e. The molecule has 0 heterocycles. The van der Waals surface area contributed by atoms with Crippen LogP contribution in [-0.4, -0.2) is 25.8 Å². The van der Waals surface area contributed by atoms with Gasteiger partial charge in [-0.2, -0.15) is 0 Å². The van der Waals surface area contributed by atoms with Gasteiger partial charge in [-0.05, 0) is 18.1 Å². The minimum Gasteiger partial charge on any atom is -0.456 e. The van der Waals surface area contributed by atoms with Gasteiger partial charge >= 0.3 is 5.97 Å². The summed E-state index contributed by atoms with van der Waals surface area (Å²) in [5, 5.41) is 0. The first-order valence-corrected chi connectivity index (χ1v) is 5.40. The number of carbonyl (C=O) groups is 1. The first kappa shape index (κ1) is 12.7. The van der Waals surface area contributed by atoms with E-state index in [0.717, 1.165) is 0 Å². The number of methoxy groups -OCH3 is 1. The molecule has 0 bridgehead atoms. The Kier molecular flexibility index (Phi) is 4.99. The molecule has 0 amide bonds. The number of hydrogen-bond acceptors (Lipinski definition) is 3. The standard InChI is InChI=1S/C13H18O3/c1-10(2)12(9-15-3)16-13(14)11-7-5-4-6-8-11/h4-8,10,12H,9H2,1-3H3. The SMILES string of the molecule is COCC(OC(=O)c1ccccc1)C(C)C. The van der Waals surface area contributed by atoms with Crippen LogP contribution in [0.1, 0.15) is 24.2 Å². The van der Waals surface area contributed by atoms with E-state index in [2.05, 4.69) is 0 Å². The summed E-state index contributed by atoms with van der Waals surface area (Å²) in [5.41, 5.74) is 0.573. The predicted octanol–water partition coefficient (Wildman–Crippen LogP) is 2.51. The molecule has 0 saturated heterocycles. The first-order valence-electron chi connectivity index (χ1n) is 5.40. The van der Waals surface area contributed by atoms with E-state index < -0.39 is 0 Å². The van der Waals surface area contributed by atoms with Crippen molar-refractivity contribution in [3.05, 3.63) is 35.9 Å². The molecule has 88 valence electrons. The Bertz CT molecular complexity index is 319. The number of carbonyl (C=O) groups excluding carboxylic acids is 1. The van der Waals surface area contributed by atoms with E-state index in [-0.39, 0.29) is 18.0 Å². The third-order valence-corrected chi connectivity index (χ3v) is 2.34. The number of esters is 1. The maximum absolute atomic E-state index is 11.8. The molecule has 1 atom stereocenters. The third kappa shape index (κ3) is 3.66. The Labute approximate surface area is 96.4 Å². The second-order valence-electron chi connectivity index (χ2n) is 4.01. The third-order valence-electron chi connectivity index (χ3n) is 2.34. The van der Waals surface area contributed by atoms with Gasteiger partial charge in [0.05, 0.1) is 12.2 Å². The zero-order valence-corrected chi connectivity index (χ0v) is 9.97. The maximum atomic E-state index is 11.8. The molecule has 1 unspecified atom stereocenters. The van der Waals surface area contributed by atoms with Crippen molar-refractivity contribution in [2.75, 3.05) is 13.7 Å². The summed E-state index contributed by atoms with van der Waals surface area (Å²) in [5.74, 6) is -0.0519. The van der Waals surface area contributed by atoms with Crippen molar-refractivity contribution in [2.24, 2.45) is 5.92 Å². The van der Waals surface area contributed by atoms with Crippen molar-refractivity contribution < 1.29 is 14.3 Å². The second-order valence-corrected chi connectivity index (χ2v) is 4.01. The lowest BCUT2D eigenvalue weighted by atomic mass is 10.1. The van der Waals surface area contributed by atoms with Gasteiger partial charge in [-0.25, -0.2) is 4.79 Å². The molecule has 0 aliphatic heterocycles. The minimum absolute atomic E-state index is 0.197. The van der Waals surface area contributed by atoms with Crippen molar-refractivity contribution in [1.29, 1.82) is 0 Å². The highest BCUT2D eigenvalue weighted by atomic mass is 16.6. The van der Waals surface area contributed by atoms with E-state index in [0.29, 0.717) is 12.2 Å². The van der Waals surface area contributed by atoms with Crippen molar-refractivity contribution in [1.82, 2.24) is 0 Å². The lowest BCUT2D eigenvalue weighted by Crippen LogP contribution is -2.28. The number of rotatable bonds is 5. The van der Waals surface area contributed by atoms with Gasteiger partial charge in [0, 0.05) is 7.11 Å². The molecule has 1 rings (SSSR count). The molecule has 1 aromatic carbocycles. The van der Waals surface area contributed by atoms with Gasteiger partial charge in [-0.3, -0.25) is 0 Å². The number of ether oxygens (including phenoxy) is 2. The van der Waals surface area contributed by atoms with Gasteiger partial charge in [0.25, 0.3) is 0 Å². The van der Waals surface area contributed by atoms with E-state index in [1.807, 2.05) is 32.0 Å². The maximum Gasteiger partial charge on any atom is 0.338 e. The molecule has 3 nitrogen and oxygen atoms in total. The molecular weight excluding hydrogens is 204 g/mol. The normalized spacial score (nSPS) is 12.5. The summed E-state index contributed by atoms with van der Waals surface area (Å²) in [6.07, 6.45) is -0.197. The Morgan fingerprint density at radius 1 is 1.25 bits per heavy atom. The summed E-state index contributed by atoms with van der Waals surface area (Å²) < 4.78 is 10.4. The van der Waals surface area contributed by atoms with E-state index in [1.54, 1.807) is 19.2 Å². The van der Waals surface area contributed by atoms with Crippen LogP contribution >= 0.6 is 0 Å². The predicted molar refractivity (Wildman–Crippen MR) is 62.4 cm³/mol. The molecule has 0 saturated carbocycles. The average molecular weight is 222 g/mol. The van der Waals surface area contributed by atoms with Crippen LogP contribution < -0.4 is 0 Å². The highest BCUT2D eigenvalue weighted by Gasteiger charge is 2.18. The Morgan fingerprint density at radius 3 is 2.38 bits per heavy atom. The zero-order valence-electron chi connectivity index (χ0n) is 9.97. The highest BCUT2D eigenvalue weighted by Crippen LogP contribution is 2.10. The Balaban J connectivity index is 2.62. The molecule has 0 aliphatic rings. The highest BCUT2D eigenvalue weighted by molar-refractivity contribution is 5.89. The molecule has 0 aromatic heterocycles. The zero-order chi connectivity index (χ0) is 12.0. The van der Waals surface area contributed by atoms with Crippen LogP contribution in [-0.2, 0) is 9.47 Å². The van der Waals surface area contributed by atoms with E-state index in [9.17, 15) is 4.79 Å². The fourth-order valence-corrected chi connectivity index (χ4v) is 1.31. The van der Waals surface area contributed by atoms with Crippen LogP contribution in [0.5, 0.6) is 0 Å². The fraction of sp³-hybridized carbons (Fsp3) is 0.462. The van der Waals surface area contributed by atoms with Crippen molar-refractivity contribution in [3.8, 4) is 0 Å². The Hall–Kier alpha value is -1.35. The quantitative estimate of drug-likeness (QED) is 0.718. The second kappa shape index (κ2) is 6.28. The summed E-state index contributed by atoms with van der Waals surface area (Å²) in [4.78, 5) is 11.8. The minimum atomic E-state index is -0.295. The topological polar surface area (TPSA) is 35.5 Å². The number of hydrogen-bond donors (Lipinski definition) is 0. The van der Waals surface area contributed by atoms with E-state index in [1.165, 1.54) is 0 Å². The summed E-state index contributed by atoms with van der Waals surface area (Å²) in [7, 11) is 1.60. The van der Waals surface area contributed by atoms with Crippen molar-refractivity contribution in [3.63, 3.8) is 0 Å².